The maximum atomic E-state index is 6.01. The van der Waals surface area contributed by atoms with Crippen LogP contribution >= 0.6 is 0 Å². The van der Waals surface area contributed by atoms with E-state index in [1.54, 1.807) is 12.5 Å². The summed E-state index contributed by atoms with van der Waals surface area (Å²) in [6, 6.07) is 4.00. The summed E-state index contributed by atoms with van der Waals surface area (Å²) in [6.45, 7) is 3.69. The number of piperidine rings is 1. The summed E-state index contributed by atoms with van der Waals surface area (Å²) in [5, 5.41) is 0. The molecule has 3 rings (SSSR count). The second kappa shape index (κ2) is 6.63. The Hall–Kier alpha value is -1.72. The molecule has 0 saturated carbocycles. The fourth-order valence-corrected chi connectivity index (χ4v) is 2.60. The molecule has 3 heterocycles. The van der Waals surface area contributed by atoms with Gasteiger partial charge in [-0.2, -0.15) is 0 Å². The van der Waals surface area contributed by atoms with E-state index >= 15 is 0 Å². The molecule has 5 heteroatoms. The maximum absolute atomic E-state index is 6.01. The minimum absolute atomic E-state index is 0.312. The zero-order valence-electron chi connectivity index (χ0n) is 11.5. The van der Waals surface area contributed by atoms with E-state index in [1.807, 2.05) is 18.5 Å². The highest BCUT2D eigenvalue weighted by atomic mass is 16.5. The number of rotatable bonds is 5. The first kappa shape index (κ1) is 13.3. The molecule has 1 aliphatic heterocycles. The third-order valence-electron chi connectivity index (χ3n) is 3.62. The number of hydrogen-bond acceptors (Lipinski definition) is 4. The highest BCUT2D eigenvalue weighted by Gasteiger charge is 2.20. The molecule has 0 aromatic carbocycles. The Balaban J connectivity index is 1.48. The number of nitrogens with zero attached hydrogens (tertiary/aromatic N) is 3. The largest absolute Gasteiger partial charge is 0.372 e. The molecule has 2 aromatic heterocycles. The summed E-state index contributed by atoms with van der Waals surface area (Å²) in [6.07, 6.45) is 9.91. The van der Waals surface area contributed by atoms with Gasteiger partial charge in [0.15, 0.2) is 0 Å². The number of ether oxygens (including phenoxy) is 1. The normalized spacial score (nSPS) is 20.1. The monoisotopic (exact) mass is 272 g/mol. The first-order chi connectivity index (χ1) is 9.90. The molecule has 1 fully saturated rings. The van der Waals surface area contributed by atoms with Crippen molar-refractivity contribution < 1.29 is 4.74 Å². The number of hydrogen-bond donors (Lipinski definition) is 1. The van der Waals surface area contributed by atoms with Crippen molar-refractivity contribution in [1.29, 1.82) is 0 Å². The molecular weight excluding hydrogens is 252 g/mol. The van der Waals surface area contributed by atoms with Gasteiger partial charge < -0.3 is 9.72 Å². The van der Waals surface area contributed by atoms with E-state index in [0.717, 1.165) is 37.3 Å². The number of imidazole rings is 1. The summed E-state index contributed by atoms with van der Waals surface area (Å²) in [5.74, 6) is 0. The highest BCUT2D eigenvalue weighted by molar-refractivity contribution is 5.06. The van der Waals surface area contributed by atoms with E-state index in [4.69, 9.17) is 4.74 Å². The number of pyridine rings is 1. The van der Waals surface area contributed by atoms with Crippen molar-refractivity contribution in [3.05, 3.63) is 48.3 Å². The standard InChI is InChI=1S/C15H20N4O/c1-3-13(7-16-5-1)11-20-15-4-2-6-19(10-15)9-14-8-17-12-18-14/h1,3,5,7-8,12,15H,2,4,6,9-11H2,(H,17,18)/t15-/m1/s1. The first-order valence-corrected chi connectivity index (χ1v) is 7.10. The third kappa shape index (κ3) is 3.65. The molecular formula is C15H20N4O. The van der Waals surface area contributed by atoms with Crippen LogP contribution in [0.1, 0.15) is 24.1 Å². The molecule has 5 nitrogen and oxygen atoms in total. The number of aromatic amines is 1. The Kier molecular flexibility index (Phi) is 4.40. The predicted octanol–water partition coefficient (Wildman–Crippen LogP) is 1.99. The van der Waals surface area contributed by atoms with Gasteiger partial charge in [0.1, 0.15) is 0 Å². The second-order valence-corrected chi connectivity index (χ2v) is 5.25. The minimum atomic E-state index is 0.312. The van der Waals surface area contributed by atoms with Crippen molar-refractivity contribution in [2.45, 2.75) is 32.1 Å². The van der Waals surface area contributed by atoms with Gasteiger partial charge in [0.05, 0.1) is 19.0 Å². The van der Waals surface area contributed by atoms with Crippen LogP contribution in [-0.4, -0.2) is 39.0 Å². The van der Waals surface area contributed by atoms with Gasteiger partial charge in [0.2, 0.25) is 0 Å². The van der Waals surface area contributed by atoms with E-state index < -0.39 is 0 Å². The summed E-state index contributed by atoms with van der Waals surface area (Å²) in [5.41, 5.74) is 2.30. The highest BCUT2D eigenvalue weighted by Crippen LogP contribution is 2.16. The number of likely N-dealkylation sites (tertiary alicyclic amines) is 1. The van der Waals surface area contributed by atoms with Crippen molar-refractivity contribution in [3.63, 3.8) is 0 Å². The number of H-pyrrole nitrogens is 1. The summed E-state index contributed by atoms with van der Waals surface area (Å²) >= 11 is 0. The molecule has 0 amide bonds. The Morgan fingerprint density at radius 2 is 2.35 bits per heavy atom. The number of aromatic nitrogens is 3. The molecule has 1 saturated heterocycles. The molecule has 0 radical (unpaired) electrons. The van der Waals surface area contributed by atoms with E-state index in [1.165, 1.54) is 6.42 Å². The first-order valence-electron chi connectivity index (χ1n) is 7.10. The van der Waals surface area contributed by atoms with Crippen LogP contribution in [0.15, 0.2) is 37.1 Å². The zero-order valence-corrected chi connectivity index (χ0v) is 11.5. The molecule has 0 spiro atoms. The predicted molar refractivity (Wildman–Crippen MR) is 75.9 cm³/mol. The number of nitrogens with one attached hydrogen (secondary N) is 1. The Bertz CT molecular complexity index is 500. The van der Waals surface area contributed by atoms with E-state index in [0.29, 0.717) is 12.7 Å². The van der Waals surface area contributed by atoms with E-state index in [-0.39, 0.29) is 0 Å². The van der Waals surface area contributed by atoms with Gasteiger partial charge in [-0.1, -0.05) is 6.07 Å². The van der Waals surface area contributed by atoms with Crippen LogP contribution in [0.5, 0.6) is 0 Å². The Morgan fingerprint density at radius 1 is 1.35 bits per heavy atom. The van der Waals surface area contributed by atoms with Gasteiger partial charge in [-0.3, -0.25) is 9.88 Å². The molecule has 0 aliphatic carbocycles. The summed E-state index contributed by atoms with van der Waals surface area (Å²) in [4.78, 5) is 13.8. The average Bonchev–Trinajstić information content (AvgIpc) is 3.00. The lowest BCUT2D eigenvalue weighted by molar-refractivity contribution is -0.0124. The van der Waals surface area contributed by atoms with Gasteiger partial charge in [0, 0.05) is 37.4 Å². The third-order valence-corrected chi connectivity index (χ3v) is 3.62. The van der Waals surface area contributed by atoms with Gasteiger partial charge in [0.25, 0.3) is 0 Å². The van der Waals surface area contributed by atoms with Crippen LogP contribution in [0.2, 0.25) is 0 Å². The fourth-order valence-electron chi connectivity index (χ4n) is 2.60. The van der Waals surface area contributed by atoms with Crippen molar-refractivity contribution in [1.82, 2.24) is 19.9 Å². The van der Waals surface area contributed by atoms with Crippen LogP contribution in [0.4, 0.5) is 0 Å². The van der Waals surface area contributed by atoms with Crippen molar-refractivity contribution in [2.75, 3.05) is 13.1 Å². The summed E-state index contributed by atoms with van der Waals surface area (Å²) < 4.78 is 6.01. The zero-order chi connectivity index (χ0) is 13.6. The molecule has 106 valence electrons. The van der Waals surface area contributed by atoms with Gasteiger partial charge in [-0.05, 0) is 31.0 Å². The molecule has 0 bridgehead atoms. The molecule has 1 atom stereocenters. The van der Waals surface area contributed by atoms with Crippen molar-refractivity contribution >= 4 is 0 Å². The maximum Gasteiger partial charge on any atom is 0.0922 e. The Morgan fingerprint density at radius 3 is 3.15 bits per heavy atom. The van der Waals surface area contributed by atoms with Crippen LogP contribution < -0.4 is 0 Å². The minimum Gasteiger partial charge on any atom is -0.372 e. The SMILES string of the molecule is c1cncc(CO[C@@H]2CCCN(Cc3cnc[nH]3)C2)c1. The van der Waals surface area contributed by atoms with Crippen molar-refractivity contribution in [3.8, 4) is 0 Å². The van der Waals surface area contributed by atoms with Crippen LogP contribution in [0.25, 0.3) is 0 Å². The molecule has 0 unspecified atom stereocenters. The molecule has 1 N–H and O–H groups in total. The topological polar surface area (TPSA) is 54.0 Å². The second-order valence-electron chi connectivity index (χ2n) is 5.25. The molecule has 2 aromatic rings. The van der Waals surface area contributed by atoms with Gasteiger partial charge in [-0.15, -0.1) is 0 Å². The fraction of sp³-hybridized carbons (Fsp3) is 0.467. The van der Waals surface area contributed by atoms with Gasteiger partial charge >= 0.3 is 0 Å². The van der Waals surface area contributed by atoms with Crippen LogP contribution in [-0.2, 0) is 17.9 Å². The smallest absolute Gasteiger partial charge is 0.0922 e. The van der Waals surface area contributed by atoms with Gasteiger partial charge in [-0.25, -0.2) is 4.98 Å². The summed E-state index contributed by atoms with van der Waals surface area (Å²) in [7, 11) is 0. The lowest BCUT2D eigenvalue weighted by Crippen LogP contribution is -2.39. The van der Waals surface area contributed by atoms with E-state index in [2.05, 4.69) is 25.9 Å². The molecule has 1 aliphatic rings. The van der Waals surface area contributed by atoms with Crippen LogP contribution in [0, 0.1) is 0 Å². The lowest BCUT2D eigenvalue weighted by atomic mass is 10.1. The van der Waals surface area contributed by atoms with Crippen molar-refractivity contribution in [2.24, 2.45) is 0 Å². The average molecular weight is 272 g/mol. The van der Waals surface area contributed by atoms with E-state index in [9.17, 15) is 0 Å². The quantitative estimate of drug-likeness (QED) is 0.904. The molecule has 20 heavy (non-hydrogen) atoms. The lowest BCUT2D eigenvalue weighted by Gasteiger charge is -2.32. The Labute approximate surface area is 119 Å². The van der Waals surface area contributed by atoms with Crippen LogP contribution in [0.3, 0.4) is 0 Å².